The molecule has 0 saturated carbocycles. The third-order valence-corrected chi connectivity index (χ3v) is 3.07. The van der Waals surface area contributed by atoms with Gasteiger partial charge >= 0.3 is 5.97 Å². The van der Waals surface area contributed by atoms with Gasteiger partial charge < -0.3 is 15.4 Å². The van der Waals surface area contributed by atoms with Gasteiger partial charge in [0.05, 0.1) is 5.56 Å². The molecule has 0 unspecified atom stereocenters. The molecule has 0 aliphatic carbocycles. The molecule has 1 aliphatic rings. The van der Waals surface area contributed by atoms with E-state index in [1.807, 2.05) is 12.1 Å². The molecule has 0 fully saturated rings. The van der Waals surface area contributed by atoms with E-state index in [1.54, 1.807) is 0 Å². The predicted molar refractivity (Wildman–Crippen MR) is 70.7 cm³/mol. The van der Waals surface area contributed by atoms with E-state index in [9.17, 15) is 4.79 Å². The van der Waals surface area contributed by atoms with Crippen molar-refractivity contribution in [1.29, 1.82) is 0 Å². The van der Waals surface area contributed by atoms with Crippen molar-refractivity contribution in [3.63, 3.8) is 0 Å². The number of carbonyl (C=O) groups is 1. The van der Waals surface area contributed by atoms with Gasteiger partial charge in [-0.2, -0.15) is 0 Å². The molecule has 0 radical (unpaired) electrons. The maximum absolute atomic E-state index is 11.3. The van der Waals surface area contributed by atoms with Gasteiger partial charge in [-0.15, -0.1) is 0 Å². The maximum Gasteiger partial charge on any atom is 0.338 e. The van der Waals surface area contributed by atoms with Crippen LogP contribution in [0.1, 0.15) is 28.4 Å². The molecule has 1 aromatic carbocycles. The van der Waals surface area contributed by atoms with Crippen LogP contribution in [0.25, 0.3) is 0 Å². The van der Waals surface area contributed by atoms with E-state index in [0.29, 0.717) is 6.61 Å². The Labute approximate surface area is 108 Å². The molecule has 1 heterocycles. The first-order valence-electron chi connectivity index (χ1n) is 6.51. The maximum atomic E-state index is 11.3. The molecule has 0 bridgehead atoms. The summed E-state index contributed by atoms with van der Waals surface area (Å²) in [5.41, 5.74) is 2.99. The molecule has 1 aliphatic heterocycles. The molecule has 2 rings (SSSR count). The summed E-state index contributed by atoms with van der Waals surface area (Å²) in [4.78, 5) is 11.3. The molecule has 18 heavy (non-hydrogen) atoms. The van der Waals surface area contributed by atoms with Crippen LogP contribution in [0.4, 0.5) is 0 Å². The van der Waals surface area contributed by atoms with E-state index < -0.39 is 0 Å². The normalized spacial score (nSPS) is 13.5. The quantitative estimate of drug-likeness (QED) is 0.560. The molecule has 0 spiro atoms. The van der Waals surface area contributed by atoms with Crippen molar-refractivity contribution in [1.82, 2.24) is 10.6 Å². The van der Waals surface area contributed by atoms with Crippen LogP contribution >= 0.6 is 0 Å². The highest BCUT2D eigenvalue weighted by atomic mass is 16.5. The fourth-order valence-electron chi connectivity index (χ4n) is 2.05. The van der Waals surface area contributed by atoms with Gasteiger partial charge in [0.25, 0.3) is 0 Å². The third-order valence-electron chi connectivity index (χ3n) is 3.07. The number of fused-ring (bicyclic) bond motifs is 1. The molecule has 0 amide bonds. The summed E-state index contributed by atoms with van der Waals surface area (Å²) in [6.07, 6.45) is 0.980. The van der Waals surface area contributed by atoms with Gasteiger partial charge in [-0.25, -0.2) is 4.79 Å². The van der Waals surface area contributed by atoms with Gasteiger partial charge in [0, 0.05) is 18.7 Å². The summed E-state index contributed by atoms with van der Waals surface area (Å²) in [5.74, 6) is -0.194. The second-order valence-electron chi connectivity index (χ2n) is 4.42. The number of benzene rings is 1. The molecule has 4 heteroatoms. The lowest BCUT2D eigenvalue weighted by molar-refractivity contribution is 0.0535. The van der Waals surface area contributed by atoms with Crippen molar-refractivity contribution in [2.45, 2.75) is 20.0 Å². The number of hydrogen-bond acceptors (Lipinski definition) is 4. The molecule has 0 atom stereocenters. The Morgan fingerprint density at radius 2 is 2.06 bits per heavy atom. The van der Waals surface area contributed by atoms with E-state index in [0.717, 1.165) is 43.7 Å². The SMILES string of the molecule is CCNCCNCCc1ccc2c(c1)COC2=O. The first kappa shape index (κ1) is 13.1. The zero-order valence-electron chi connectivity index (χ0n) is 10.8. The number of nitrogens with one attached hydrogen (secondary N) is 2. The van der Waals surface area contributed by atoms with E-state index in [-0.39, 0.29) is 5.97 Å². The van der Waals surface area contributed by atoms with Crippen molar-refractivity contribution >= 4 is 5.97 Å². The van der Waals surface area contributed by atoms with Crippen molar-refractivity contribution in [2.75, 3.05) is 26.2 Å². The van der Waals surface area contributed by atoms with Crippen molar-refractivity contribution in [3.8, 4) is 0 Å². The predicted octanol–water partition coefficient (Wildman–Crippen LogP) is 1.10. The van der Waals surface area contributed by atoms with Gasteiger partial charge in [-0.3, -0.25) is 0 Å². The average Bonchev–Trinajstić information content (AvgIpc) is 2.75. The van der Waals surface area contributed by atoms with Gasteiger partial charge in [0.1, 0.15) is 6.61 Å². The van der Waals surface area contributed by atoms with Crippen LogP contribution < -0.4 is 10.6 Å². The molecule has 4 nitrogen and oxygen atoms in total. The Balaban J connectivity index is 1.75. The fourth-order valence-corrected chi connectivity index (χ4v) is 2.05. The Morgan fingerprint density at radius 1 is 1.22 bits per heavy atom. The number of hydrogen-bond donors (Lipinski definition) is 2. The van der Waals surface area contributed by atoms with Crippen LogP contribution in [0.3, 0.4) is 0 Å². The van der Waals surface area contributed by atoms with Crippen molar-refractivity contribution < 1.29 is 9.53 Å². The minimum absolute atomic E-state index is 0.194. The smallest absolute Gasteiger partial charge is 0.338 e. The van der Waals surface area contributed by atoms with Gasteiger partial charge in [-0.05, 0) is 31.1 Å². The standard InChI is InChI=1S/C14H20N2O2/c1-2-15-7-8-16-6-5-11-3-4-13-12(9-11)10-18-14(13)17/h3-4,9,15-16H,2,5-8,10H2,1H3. The second-order valence-corrected chi connectivity index (χ2v) is 4.42. The first-order valence-corrected chi connectivity index (χ1v) is 6.51. The van der Waals surface area contributed by atoms with Gasteiger partial charge in [0.2, 0.25) is 0 Å². The number of cyclic esters (lactones) is 1. The van der Waals surface area contributed by atoms with E-state index in [4.69, 9.17) is 4.74 Å². The number of rotatable bonds is 7. The highest BCUT2D eigenvalue weighted by Gasteiger charge is 2.20. The minimum Gasteiger partial charge on any atom is -0.457 e. The highest BCUT2D eigenvalue weighted by Crippen LogP contribution is 2.20. The Morgan fingerprint density at radius 3 is 2.89 bits per heavy atom. The van der Waals surface area contributed by atoms with Gasteiger partial charge in [-0.1, -0.05) is 19.1 Å². The highest BCUT2D eigenvalue weighted by molar-refractivity contribution is 5.93. The number of ether oxygens (including phenoxy) is 1. The largest absolute Gasteiger partial charge is 0.457 e. The molecule has 98 valence electrons. The Kier molecular flexibility index (Phi) is 4.73. The minimum atomic E-state index is -0.194. The second kappa shape index (κ2) is 6.52. The summed E-state index contributed by atoms with van der Waals surface area (Å²) in [5, 5.41) is 6.65. The monoisotopic (exact) mass is 248 g/mol. The lowest BCUT2D eigenvalue weighted by atomic mass is 10.0. The third kappa shape index (κ3) is 3.31. The molecule has 1 aromatic rings. The van der Waals surface area contributed by atoms with E-state index in [1.165, 1.54) is 5.56 Å². The topological polar surface area (TPSA) is 50.4 Å². The molecular weight excluding hydrogens is 228 g/mol. The van der Waals surface area contributed by atoms with Crippen LogP contribution in [0.5, 0.6) is 0 Å². The summed E-state index contributed by atoms with van der Waals surface area (Å²) >= 11 is 0. The van der Waals surface area contributed by atoms with Crippen LogP contribution in [0.2, 0.25) is 0 Å². The summed E-state index contributed by atoms with van der Waals surface area (Å²) in [7, 11) is 0. The van der Waals surface area contributed by atoms with E-state index >= 15 is 0 Å². The Hall–Kier alpha value is -1.39. The first-order chi connectivity index (χ1) is 8.81. The number of carbonyl (C=O) groups excluding carboxylic acids is 1. The number of likely N-dealkylation sites (N-methyl/N-ethyl adjacent to an activating group) is 1. The molecule has 2 N–H and O–H groups in total. The number of esters is 1. The van der Waals surface area contributed by atoms with Gasteiger partial charge in [0.15, 0.2) is 0 Å². The van der Waals surface area contributed by atoms with Crippen LogP contribution in [-0.2, 0) is 17.8 Å². The zero-order valence-corrected chi connectivity index (χ0v) is 10.8. The van der Waals surface area contributed by atoms with Crippen LogP contribution in [-0.4, -0.2) is 32.1 Å². The fraction of sp³-hybridized carbons (Fsp3) is 0.500. The lowest BCUT2D eigenvalue weighted by Crippen LogP contribution is -2.28. The summed E-state index contributed by atoms with van der Waals surface area (Å²) < 4.78 is 4.99. The van der Waals surface area contributed by atoms with Crippen molar-refractivity contribution in [2.24, 2.45) is 0 Å². The average molecular weight is 248 g/mol. The molecular formula is C14H20N2O2. The van der Waals surface area contributed by atoms with Crippen LogP contribution in [0, 0.1) is 0 Å². The summed E-state index contributed by atoms with van der Waals surface area (Å²) in [6, 6.07) is 5.96. The van der Waals surface area contributed by atoms with E-state index in [2.05, 4.69) is 23.6 Å². The summed E-state index contributed by atoms with van der Waals surface area (Å²) in [6.45, 7) is 6.49. The molecule has 0 saturated heterocycles. The van der Waals surface area contributed by atoms with Crippen LogP contribution in [0.15, 0.2) is 18.2 Å². The zero-order chi connectivity index (χ0) is 12.8. The van der Waals surface area contributed by atoms with Crippen molar-refractivity contribution in [3.05, 3.63) is 34.9 Å². The Bertz CT molecular complexity index is 418. The lowest BCUT2D eigenvalue weighted by Gasteiger charge is -2.06. The molecule has 0 aromatic heterocycles.